The fourth-order valence-electron chi connectivity index (χ4n) is 8.05. The summed E-state index contributed by atoms with van der Waals surface area (Å²) in [6, 6.07) is 56.8. The lowest BCUT2D eigenvalue weighted by Crippen LogP contribution is -2.12. The summed E-state index contributed by atoms with van der Waals surface area (Å²) >= 11 is 3.63. The van der Waals surface area contributed by atoms with Gasteiger partial charge in [0.1, 0.15) is 28.1 Å². The van der Waals surface area contributed by atoms with E-state index in [0.29, 0.717) is 0 Å². The second kappa shape index (κ2) is 13.6. The molecule has 5 aromatic carbocycles. The third-order valence-corrected chi connectivity index (χ3v) is 13.2. The first-order valence-corrected chi connectivity index (χ1v) is 20.9. The maximum atomic E-state index is 6.32. The molecule has 59 heavy (non-hydrogen) atoms. The number of benzene rings is 5. The Kier molecular flexibility index (Phi) is 7.79. The minimum absolute atomic E-state index is 0.817. The van der Waals surface area contributed by atoms with E-state index in [1.807, 2.05) is 95.9 Å². The molecule has 0 bridgehead atoms. The number of pyridine rings is 3. The van der Waals surface area contributed by atoms with E-state index in [4.69, 9.17) is 13.8 Å². The Bertz CT molecular complexity index is 3420. The summed E-state index contributed by atoms with van der Waals surface area (Å²) in [5.74, 6) is 0.817. The molecule has 0 saturated heterocycles. The summed E-state index contributed by atoms with van der Waals surface area (Å²) in [7, 11) is 0. The van der Waals surface area contributed by atoms with E-state index < -0.39 is 0 Å². The second-order valence-corrected chi connectivity index (χ2v) is 16.6. The third kappa shape index (κ3) is 5.88. The van der Waals surface area contributed by atoms with Gasteiger partial charge in [-0.3, -0.25) is 14.9 Å². The second-order valence-electron chi connectivity index (χ2n) is 14.5. The Hall–Kier alpha value is -7.39. The highest BCUT2D eigenvalue weighted by Gasteiger charge is 2.19. The van der Waals surface area contributed by atoms with Crippen molar-refractivity contribution in [2.75, 3.05) is 4.90 Å². The lowest BCUT2D eigenvalue weighted by Gasteiger charge is -2.25. The normalized spacial score (nSPS) is 11.7. The van der Waals surface area contributed by atoms with Gasteiger partial charge in [-0.1, -0.05) is 54.6 Å². The first-order valence-electron chi connectivity index (χ1n) is 19.3. The number of nitrogens with zero attached hydrogens (tertiary/aromatic N) is 4. The first-order chi connectivity index (χ1) is 29.2. The SMILES string of the molecule is c1ccc(-c2cccc(N(c3cccc(-c4ccccn4)c3)c3cc(-c4cc5sc(-c6ccc7oc8cc9oc%10ccccc%10c9cc8c7c6)cc5s4)ccn3)c2)nc1. The van der Waals surface area contributed by atoms with Gasteiger partial charge in [-0.15, -0.1) is 22.7 Å². The van der Waals surface area contributed by atoms with Gasteiger partial charge in [0.25, 0.3) is 0 Å². The molecule has 0 radical (unpaired) electrons. The smallest absolute Gasteiger partial charge is 0.139 e. The van der Waals surface area contributed by atoms with Crippen LogP contribution in [0, 0.1) is 0 Å². The molecule has 0 aliphatic rings. The highest BCUT2D eigenvalue weighted by Crippen LogP contribution is 2.45. The summed E-state index contributed by atoms with van der Waals surface area (Å²) in [6.07, 6.45) is 5.57. The Morgan fingerprint density at radius 3 is 1.63 bits per heavy atom. The summed E-state index contributed by atoms with van der Waals surface area (Å²) < 4.78 is 15.0. The van der Waals surface area contributed by atoms with Crippen molar-refractivity contribution in [2.45, 2.75) is 0 Å². The molecule has 12 aromatic rings. The quantitative estimate of drug-likeness (QED) is 0.160. The molecule has 0 atom stereocenters. The van der Waals surface area contributed by atoms with Crippen LogP contribution in [0.1, 0.15) is 0 Å². The molecular weight excluding hydrogens is 765 g/mol. The van der Waals surface area contributed by atoms with Crippen molar-refractivity contribution in [1.29, 1.82) is 0 Å². The van der Waals surface area contributed by atoms with E-state index in [1.54, 1.807) is 0 Å². The van der Waals surface area contributed by atoms with Gasteiger partial charge in [0.2, 0.25) is 0 Å². The number of para-hydroxylation sites is 1. The average molecular weight is 795 g/mol. The van der Waals surface area contributed by atoms with Crippen LogP contribution in [-0.4, -0.2) is 15.0 Å². The predicted molar refractivity (Wildman–Crippen MR) is 244 cm³/mol. The lowest BCUT2D eigenvalue weighted by molar-refractivity contribution is 0.656. The third-order valence-electron chi connectivity index (χ3n) is 10.8. The van der Waals surface area contributed by atoms with Gasteiger partial charge in [-0.2, -0.15) is 0 Å². The van der Waals surface area contributed by atoms with Gasteiger partial charge in [0.15, 0.2) is 0 Å². The molecule has 0 aliphatic heterocycles. The van der Waals surface area contributed by atoms with Crippen molar-refractivity contribution in [1.82, 2.24) is 15.0 Å². The molecule has 0 N–H and O–H groups in total. The maximum Gasteiger partial charge on any atom is 0.139 e. The number of anilines is 3. The fourth-order valence-corrected chi connectivity index (χ4v) is 10.4. The zero-order valence-corrected chi connectivity index (χ0v) is 32.9. The van der Waals surface area contributed by atoms with Gasteiger partial charge in [-0.25, -0.2) is 4.98 Å². The molecule has 0 fully saturated rings. The molecule has 7 aromatic heterocycles. The average Bonchev–Trinajstić information content (AvgIpc) is 4.07. The Balaban J connectivity index is 0.914. The minimum atomic E-state index is 0.817. The first kappa shape index (κ1) is 33.7. The molecule has 8 heteroatoms. The van der Waals surface area contributed by atoms with Crippen LogP contribution in [0.15, 0.2) is 191 Å². The summed E-state index contributed by atoms with van der Waals surface area (Å²) in [5.41, 5.74) is 11.6. The van der Waals surface area contributed by atoms with E-state index in [9.17, 15) is 0 Å². The van der Waals surface area contributed by atoms with Gasteiger partial charge < -0.3 is 8.83 Å². The van der Waals surface area contributed by atoms with Crippen LogP contribution in [0.5, 0.6) is 0 Å². The standard InChI is InChI=1S/C51H30N4O2S2/c1-2-16-43-37(13-1)39-27-40-38-25-33(17-18-44(38)57-46(40)28-45(39)56-43)47-29-49-50(58-47)30-48(59-49)34-19-22-54-51(26-34)55(35-11-7-9-31(23-35)41-14-3-5-20-52-41)36-12-8-10-32(24-36)42-15-4-6-21-53-42/h1-30H. The van der Waals surface area contributed by atoms with E-state index in [-0.39, 0.29) is 0 Å². The zero-order valence-electron chi connectivity index (χ0n) is 31.2. The number of thiophene rings is 2. The van der Waals surface area contributed by atoms with Crippen LogP contribution >= 0.6 is 22.7 Å². The van der Waals surface area contributed by atoms with Crippen LogP contribution in [0.4, 0.5) is 17.2 Å². The molecule has 0 amide bonds. The molecule has 12 rings (SSSR count). The van der Waals surface area contributed by atoms with Gasteiger partial charge in [0, 0.05) is 87.9 Å². The number of aromatic nitrogens is 3. The zero-order chi connectivity index (χ0) is 38.9. The van der Waals surface area contributed by atoms with E-state index >= 15 is 0 Å². The monoisotopic (exact) mass is 794 g/mol. The van der Waals surface area contributed by atoms with Crippen molar-refractivity contribution >= 4 is 93.1 Å². The molecule has 278 valence electrons. The van der Waals surface area contributed by atoms with Gasteiger partial charge in [-0.05, 0) is 114 Å². The Labute approximate surface area is 345 Å². The number of hydrogen-bond donors (Lipinski definition) is 0. The molecule has 7 heterocycles. The summed E-state index contributed by atoms with van der Waals surface area (Å²) in [5, 5.41) is 4.41. The molecule has 0 saturated carbocycles. The highest BCUT2D eigenvalue weighted by molar-refractivity contribution is 7.31. The largest absolute Gasteiger partial charge is 0.456 e. The Morgan fingerprint density at radius 1 is 0.373 bits per heavy atom. The topological polar surface area (TPSA) is 68.2 Å². The fraction of sp³-hybridized carbons (Fsp3) is 0. The number of hydrogen-bond acceptors (Lipinski definition) is 8. The number of fused-ring (bicyclic) bond motifs is 7. The van der Waals surface area contributed by atoms with Crippen molar-refractivity contribution in [3.8, 4) is 43.4 Å². The van der Waals surface area contributed by atoms with E-state index in [1.165, 1.54) is 24.7 Å². The lowest BCUT2D eigenvalue weighted by atomic mass is 10.1. The van der Waals surface area contributed by atoms with E-state index in [2.05, 4.69) is 124 Å². The highest BCUT2D eigenvalue weighted by atomic mass is 32.1. The Morgan fingerprint density at radius 2 is 0.966 bits per heavy atom. The molecule has 0 unspecified atom stereocenters. The van der Waals surface area contributed by atoms with Crippen molar-refractivity contribution in [2.24, 2.45) is 0 Å². The molecule has 0 spiro atoms. The number of rotatable bonds is 7. The van der Waals surface area contributed by atoms with Crippen molar-refractivity contribution in [3.05, 3.63) is 182 Å². The van der Waals surface area contributed by atoms with Crippen molar-refractivity contribution < 1.29 is 8.83 Å². The van der Waals surface area contributed by atoms with Crippen LogP contribution in [0.25, 0.3) is 96.7 Å². The maximum absolute atomic E-state index is 6.32. The van der Waals surface area contributed by atoms with E-state index in [0.717, 1.165) is 89.1 Å². The molecule has 6 nitrogen and oxygen atoms in total. The van der Waals surface area contributed by atoms with Gasteiger partial charge in [0.05, 0.1) is 11.4 Å². The van der Waals surface area contributed by atoms with Crippen LogP contribution in [0.2, 0.25) is 0 Å². The van der Waals surface area contributed by atoms with Gasteiger partial charge >= 0.3 is 0 Å². The van der Waals surface area contributed by atoms with Crippen molar-refractivity contribution in [3.63, 3.8) is 0 Å². The van der Waals surface area contributed by atoms with Crippen LogP contribution in [0.3, 0.4) is 0 Å². The summed E-state index contributed by atoms with van der Waals surface area (Å²) in [6.45, 7) is 0. The molecular formula is C51H30N4O2S2. The minimum Gasteiger partial charge on any atom is -0.456 e. The number of furan rings is 2. The summed E-state index contributed by atoms with van der Waals surface area (Å²) in [4.78, 5) is 18.9. The van der Waals surface area contributed by atoms with Crippen LogP contribution in [-0.2, 0) is 0 Å². The molecule has 0 aliphatic carbocycles. The predicted octanol–water partition coefficient (Wildman–Crippen LogP) is 15.1. The van der Waals surface area contributed by atoms with Crippen LogP contribution < -0.4 is 4.90 Å².